The standard InChI is InChI=1S/C15H27N3O2/c1-11(10-17-13(19)9-15(2,3)4)18-8-6-7-12(18)14(20)16-5/h12H,1,6-10H2,2-5H3,(H,16,20)(H,17,19)/t12-/m0/s1. The zero-order valence-corrected chi connectivity index (χ0v) is 13.1. The molecule has 5 heteroatoms. The summed E-state index contributed by atoms with van der Waals surface area (Å²) in [4.78, 5) is 25.6. The second-order valence-electron chi connectivity index (χ2n) is 6.55. The van der Waals surface area contributed by atoms with E-state index in [9.17, 15) is 9.59 Å². The number of hydrogen-bond acceptors (Lipinski definition) is 3. The first-order chi connectivity index (χ1) is 9.24. The van der Waals surface area contributed by atoms with Crippen molar-refractivity contribution < 1.29 is 9.59 Å². The van der Waals surface area contributed by atoms with Crippen LogP contribution >= 0.6 is 0 Å². The summed E-state index contributed by atoms with van der Waals surface area (Å²) in [5.41, 5.74) is 0.780. The zero-order valence-electron chi connectivity index (χ0n) is 13.1. The van der Waals surface area contributed by atoms with E-state index in [1.807, 2.05) is 25.7 Å². The highest BCUT2D eigenvalue weighted by molar-refractivity contribution is 5.82. The van der Waals surface area contributed by atoms with Crippen LogP contribution in [0.25, 0.3) is 0 Å². The number of amides is 2. The van der Waals surface area contributed by atoms with E-state index in [4.69, 9.17) is 0 Å². The Morgan fingerprint density at radius 1 is 1.35 bits per heavy atom. The van der Waals surface area contributed by atoms with Crippen molar-refractivity contribution in [1.29, 1.82) is 0 Å². The molecule has 0 spiro atoms. The summed E-state index contributed by atoms with van der Waals surface area (Å²) in [6.45, 7) is 11.3. The molecule has 0 aliphatic carbocycles. The summed E-state index contributed by atoms with van der Waals surface area (Å²) in [7, 11) is 1.65. The lowest BCUT2D eigenvalue weighted by atomic mass is 9.92. The van der Waals surface area contributed by atoms with Crippen molar-refractivity contribution in [2.24, 2.45) is 5.41 Å². The third kappa shape index (κ3) is 4.87. The van der Waals surface area contributed by atoms with Crippen molar-refractivity contribution in [3.63, 3.8) is 0 Å². The molecule has 0 radical (unpaired) electrons. The number of hydrogen-bond donors (Lipinski definition) is 2. The van der Waals surface area contributed by atoms with Crippen LogP contribution in [0, 0.1) is 5.41 Å². The first-order valence-corrected chi connectivity index (χ1v) is 7.17. The fourth-order valence-corrected chi connectivity index (χ4v) is 2.43. The highest BCUT2D eigenvalue weighted by Crippen LogP contribution is 2.21. The summed E-state index contributed by atoms with van der Waals surface area (Å²) >= 11 is 0. The number of rotatable bonds is 5. The van der Waals surface area contributed by atoms with Gasteiger partial charge in [0.15, 0.2) is 0 Å². The molecule has 0 aromatic rings. The number of carbonyl (C=O) groups is 2. The Bertz CT molecular complexity index is 385. The maximum Gasteiger partial charge on any atom is 0.242 e. The van der Waals surface area contributed by atoms with Crippen LogP contribution in [-0.4, -0.2) is 42.9 Å². The number of carbonyl (C=O) groups excluding carboxylic acids is 2. The van der Waals surface area contributed by atoms with Crippen LogP contribution in [-0.2, 0) is 9.59 Å². The quantitative estimate of drug-likeness (QED) is 0.797. The molecule has 20 heavy (non-hydrogen) atoms. The average molecular weight is 281 g/mol. The van der Waals surface area contributed by atoms with E-state index in [-0.39, 0.29) is 23.3 Å². The third-order valence-electron chi connectivity index (χ3n) is 3.39. The molecule has 1 aliphatic rings. The second-order valence-corrected chi connectivity index (χ2v) is 6.55. The Morgan fingerprint density at radius 3 is 2.55 bits per heavy atom. The van der Waals surface area contributed by atoms with Crippen molar-refractivity contribution in [3.8, 4) is 0 Å². The van der Waals surface area contributed by atoms with E-state index in [2.05, 4.69) is 17.2 Å². The highest BCUT2D eigenvalue weighted by Gasteiger charge is 2.30. The predicted molar refractivity (Wildman–Crippen MR) is 80.0 cm³/mol. The van der Waals surface area contributed by atoms with E-state index in [0.717, 1.165) is 25.1 Å². The lowest BCUT2D eigenvalue weighted by Crippen LogP contribution is -2.43. The summed E-state index contributed by atoms with van der Waals surface area (Å²) < 4.78 is 0. The molecule has 1 saturated heterocycles. The monoisotopic (exact) mass is 281 g/mol. The normalized spacial score (nSPS) is 18.8. The van der Waals surface area contributed by atoms with Gasteiger partial charge in [0.25, 0.3) is 0 Å². The SMILES string of the molecule is C=C(CNC(=O)CC(C)(C)C)N1CCC[C@H]1C(=O)NC. The van der Waals surface area contributed by atoms with Gasteiger partial charge in [-0.05, 0) is 18.3 Å². The topological polar surface area (TPSA) is 61.4 Å². The number of nitrogens with one attached hydrogen (secondary N) is 2. The number of nitrogens with zero attached hydrogens (tertiary/aromatic N) is 1. The van der Waals surface area contributed by atoms with Gasteiger partial charge in [-0.3, -0.25) is 9.59 Å². The Labute approximate surface area is 121 Å². The molecule has 0 saturated carbocycles. The van der Waals surface area contributed by atoms with Gasteiger partial charge in [0, 0.05) is 25.7 Å². The number of likely N-dealkylation sites (N-methyl/N-ethyl adjacent to an activating group) is 1. The van der Waals surface area contributed by atoms with Crippen LogP contribution in [0.4, 0.5) is 0 Å². The van der Waals surface area contributed by atoms with Crippen LogP contribution in [0.15, 0.2) is 12.3 Å². The van der Waals surface area contributed by atoms with Crippen molar-refractivity contribution in [1.82, 2.24) is 15.5 Å². The second kappa shape index (κ2) is 6.77. The van der Waals surface area contributed by atoms with Crippen LogP contribution in [0.5, 0.6) is 0 Å². The molecule has 114 valence electrons. The largest absolute Gasteiger partial charge is 0.362 e. The van der Waals surface area contributed by atoms with Gasteiger partial charge in [-0.1, -0.05) is 27.4 Å². The van der Waals surface area contributed by atoms with Gasteiger partial charge in [0.2, 0.25) is 11.8 Å². The summed E-state index contributed by atoms with van der Waals surface area (Å²) in [6.07, 6.45) is 2.31. The van der Waals surface area contributed by atoms with Crippen molar-refractivity contribution >= 4 is 11.8 Å². The molecule has 1 heterocycles. The van der Waals surface area contributed by atoms with Crippen molar-refractivity contribution in [2.45, 2.75) is 46.1 Å². The Morgan fingerprint density at radius 2 is 2.00 bits per heavy atom. The highest BCUT2D eigenvalue weighted by atomic mass is 16.2. The van der Waals surface area contributed by atoms with E-state index in [1.165, 1.54) is 0 Å². The molecule has 0 bridgehead atoms. The lowest BCUT2D eigenvalue weighted by molar-refractivity contribution is -0.124. The zero-order chi connectivity index (χ0) is 15.3. The minimum atomic E-state index is -0.146. The molecule has 0 unspecified atom stereocenters. The molecule has 1 fully saturated rings. The molecular formula is C15H27N3O2. The van der Waals surface area contributed by atoms with Crippen molar-refractivity contribution in [2.75, 3.05) is 20.1 Å². The smallest absolute Gasteiger partial charge is 0.242 e. The van der Waals surface area contributed by atoms with Crippen LogP contribution in [0.2, 0.25) is 0 Å². The van der Waals surface area contributed by atoms with E-state index in [1.54, 1.807) is 7.05 Å². The first-order valence-electron chi connectivity index (χ1n) is 7.17. The molecule has 0 aromatic carbocycles. The fourth-order valence-electron chi connectivity index (χ4n) is 2.43. The third-order valence-corrected chi connectivity index (χ3v) is 3.39. The van der Waals surface area contributed by atoms with E-state index >= 15 is 0 Å². The number of likely N-dealkylation sites (tertiary alicyclic amines) is 1. The molecule has 0 aromatic heterocycles. The van der Waals surface area contributed by atoms with Gasteiger partial charge in [-0.25, -0.2) is 0 Å². The van der Waals surface area contributed by atoms with Gasteiger partial charge in [0.05, 0.1) is 6.54 Å². The van der Waals surface area contributed by atoms with Crippen LogP contribution < -0.4 is 10.6 Å². The first kappa shape index (κ1) is 16.5. The molecule has 2 amide bonds. The maximum atomic E-state index is 11.8. The Hall–Kier alpha value is -1.52. The molecule has 2 N–H and O–H groups in total. The van der Waals surface area contributed by atoms with E-state index < -0.39 is 0 Å². The fraction of sp³-hybridized carbons (Fsp3) is 0.733. The van der Waals surface area contributed by atoms with Crippen LogP contribution in [0.3, 0.4) is 0 Å². The van der Waals surface area contributed by atoms with Gasteiger partial charge < -0.3 is 15.5 Å². The summed E-state index contributed by atoms with van der Waals surface area (Å²) in [5.74, 6) is 0.0407. The maximum absolute atomic E-state index is 11.8. The Kier molecular flexibility index (Phi) is 5.60. The molecular weight excluding hydrogens is 254 g/mol. The predicted octanol–water partition coefficient (Wildman–Crippen LogP) is 1.26. The molecule has 1 aliphatic heterocycles. The Balaban J connectivity index is 2.46. The minimum absolute atomic E-state index is 0.0182. The summed E-state index contributed by atoms with van der Waals surface area (Å²) in [6, 6.07) is -0.146. The van der Waals surface area contributed by atoms with Crippen molar-refractivity contribution in [3.05, 3.63) is 12.3 Å². The summed E-state index contributed by atoms with van der Waals surface area (Å²) in [5, 5.41) is 5.56. The lowest BCUT2D eigenvalue weighted by Gasteiger charge is -2.27. The van der Waals surface area contributed by atoms with E-state index in [0.29, 0.717) is 13.0 Å². The average Bonchev–Trinajstić information content (AvgIpc) is 2.82. The minimum Gasteiger partial charge on any atom is -0.362 e. The van der Waals surface area contributed by atoms with Gasteiger partial charge in [0.1, 0.15) is 6.04 Å². The van der Waals surface area contributed by atoms with Gasteiger partial charge >= 0.3 is 0 Å². The van der Waals surface area contributed by atoms with Crippen LogP contribution in [0.1, 0.15) is 40.0 Å². The molecule has 1 rings (SSSR count). The molecule has 1 atom stereocenters. The van der Waals surface area contributed by atoms with Gasteiger partial charge in [-0.15, -0.1) is 0 Å². The molecule has 5 nitrogen and oxygen atoms in total. The van der Waals surface area contributed by atoms with Gasteiger partial charge in [-0.2, -0.15) is 0 Å².